The van der Waals surface area contributed by atoms with Gasteiger partial charge in [-0.15, -0.1) is 0 Å². The largest absolute Gasteiger partial charge is 0.504 e. The van der Waals surface area contributed by atoms with E-state index in [0.29, 0.717) is 10.8 Å². The van der Waals surface area contributed by atoms with Gasteiger partial charge in [-0.3, -0.25) is 0 Å². The van der Waals surface area contributed by atoms with Crippen molar-refractivity contribution in [1.82, 2.24) is 0 Å². The summed E-state index contributed by atoms with van der Waals surface area (Å²) >= 11 is 0. The lowest BCUT2D eigenvalue weighted by atomic mass is 9.88. The lowest BCUT2D eigenvalue weighted by Gasteiger charge is -2.18. The van der Waals surface area contributed by atoms with Crippen molar-refractivity contribution in [3.8, 4) is 11.5 Å². The minimum Gasteiger partial charge on any atom is -0.504 e. The maximum absolute atomic E-state index is 10.3. The first-order chi connectivity index (χ1) is 11.2. The SMILES string of the molecule is CC(C)(C)CCCCc1ccc(O)c(O)c1CCCCC1(C)CC1. The van der Waals surface area contributed by atoms with Gasteiger partial charge in [0.2, 0.25) is 0 Å². The number of aryl methyl sites for hydroxylation is 1. The van der Waals surface area contributed by atoms with E-state index in [2.05, 4.69) is 27.7 Å². The summed E-state index contributed by atoms with van der Waals surface area (Å²) in [6.07, 6.45) is 11.8. The average molecular weight is 333 g/mol. The molecule has 1 aliphatic rings. The number of hydrogen-bond donors (Lipinski definition) is 2. The van der Waals surface area contributed by atoms with Crippen molar-refractivity contribution < 1.29 is 10.2 Å². The molecule has 0 bridgehead atoms. The molecular weight excluding hydrogens is 296 g/mol. The first-order valence-corrected chi connectivity index (χ1v) is 9.73. The quantitative estimate of drug-likeness (QED) is 0.407. The zero-order valence-electron chi connectivity index (χ0n) is 16.1. The van der Waals surface area contributed by atoms with Crippen LogP contribution in [0.3, 0.4) is 0 Å². The number of rotatable bonds is 9. The molecule has 0 aliphatic heterocycles. The van der Waals surface area contributed by atoms with E-state index in [1.165, 1.54) is 44.1 Å². The molecular formula is C22H36O2. The van der Waals surface area contributed by atoms with Gasteiger partial charge in [-0.2, -0.15) is 0 Å². The summed E-state index contributed by atoms with van der Waals surface area (Å²) in [6.45, 7) is 9.22. The van der Waals surface area contributed by atoms with Gasteiger partial charge >= 0.3 is 0 Å². The van der Waals surface area contributed by atoms with Crippen molar-refractivity contribution in [1.29, 1.82) is 0 Å². The predicted molar refractivity (Wildman–Crippen MR) is 102 cm³/mol. The summed E-state index contributed by atoms with van der Waals surface area (Å²) in [4.78, 5) is 0. The van der Waals surface area contributed by atoms with E-state index in [1.807, 2.05) is 6.07 Å². The highest BCUT2D eigenvalue weighted by molar-refractivity contribution is 5.49. The van der Waals surface area contributed by atoms with Crippen LogP contribution in [0.4, 0.5) is 0 Å². The molecule has 1 aromatic rings. The Bertz CT molecular complexity index is 536. The predicted octanol–water partition coefficient (Wildman–Crippen LogP) is 6.37. The first kappa shape index (κ1) is 19.1. The highest BCUT2D eigenvalue weighted by Gasteiger charge is 2.35. The normalized spacial score (nSPS) is 16.3. The fraction of sp³-hybridized carbons (Fsp3) is 0.727. The molecule has 0 heterocycles. The van der Waals surface area contributed by atoms with Crippen LogP contribution < -0.4 is 0 Å². The van der Waals surface area contributed by atoms with Gasteiger partial charge in [-0.05, 0) is 73.8 Å². The molecule has 2 rings (SSSR count). The Hall–Kier alpha value is -1.18. The van der Waals surface area contributed by atoms with E-state index in [4.69, 9.17) is 0 Å². The number of phenols is 2. The van der Waals surface area contributed by atoms with E-state index in [1.54, 1.807) is 6.07 Å². The number of phenolic OH excluding ortho intramolecular Hbond substituents is 2. The van der Waals surface area contributed by atoms with Gasteiger partial charge in [0.05, 0.1) is 0 Å². The van der Waals surface area contributed by atoms with Crippen LogP contribution in [0.1, 0.15) is 90.2 Å². The Kier molecular flexibility index (Phi) is 6.22. The van der Waals surface area contributed by atoms with E-state index >= 15 is 0 Å². The topological polar surface area (TPSA) is 40.5 Å². The molecule has 24 heavy (non-hydrogen) atoms. The van der Waals surface area contributed by atoms with Crippen LogP contribution >= 0.6 is 0 Å². The van der Waals surface area contributed by atoms with Gasteiger partial charge in [-0.1, -0.05) is 46.6 Å². The fourth-order valence-electron chi connectivity index (χ4n) is 3.47. The Morgan fingerprint density at radius 2 is 1.62 bits per heavy atom. The molecule has 1 aliphatic carbocycles. The van der Waals surface area contributed by atoms with Gasteiger partial charge in [0.1, 0.15) is 0 Å². The third-order valence-electron chi connectivity index (χ3n) is 5.54. The van der Waals surface area contributed by atoms with Gasteiger partial charge in [0.25, 0.3) is 0 Å². The molecule has 2 nitrogen and oxygen atoms in total. The number of unbranched alkanes of at least 4 members (excludes halogenated alkanes) is 2. The Morgan fingerprint density at radius 3 is 2.25 bits per heavy atom. The van der Waals surface area contributed by atoms with Crippen molar-refractivity contribution in [2.75, 3.05) is 0 Å². The molecule has 2 heteroatoms. The van der Waals surface area contributed by atoms with Crippen molar-refractivity contribution in [2.45, 2.75) is 91.9 Å². The summed E-state index contributed by atoms with van der Waals surface area (Å²) in [7, 11) is 0. The maximum atomic E-state index is 10.3. The Labute approximate surface area is 148 Å². The Balaban J connectivity index is 1.88. The minimum atomic E-state index is 0.0256. The molecule has 0 aromatic heterocycles. The van der Waals surface area contributed by atoms with Gasteiger partial charge in [0.15, 0.2) is 11.5 Å². The van der Waals surface area contributed by atoms with Gasteiger partial charge < -0.3 is 10.2 Å². The van der Waals surface area contributed by atoms with Crippen LogP contribution in [0, 0.1) is 10.8 Å². The molecule has 0 unspecified atom stereocenters. The van der Waals surface area contributed by atoms with Crippen molar-refractivity contribution >= 4 is 0 Å². The minimum absolute atomic E-state index is 0.0256. The molecule has 1 fully saturated rings. The second kappa shape index (κ2) is 7.80. The van der Waals surface area contributed by atoms with E-state index in [-0.39, 0.29) is 11.5 Å². The zero-order chi connectivity index (χ0) is 17.8. The van der Waals surface area contributed by atoms with E-state index in [0.717, 1.165) is 31.2 Å². The summed E-state index contributed by atoms with van der Waals surface area (Å²) in [5.41, 5.74) is 3.19. The maximum Gasteiger partial charge on any atom is 0.160 e. The highest BCUT2D eigenvalue weighted by Crippen LogP contribution is 2.49. The summed E-state index contributed by atoms with van der Waals surface area (Å²) in [6, 6.07) is 3.65. The monoisotopic (exact) mass is 332 g/mol. The second-order valence-electron chi connectivity index (χ2n) is 9.36. The van der Waals surface area contributed by atoms with Crippen molar-refractivity contribution in [2.24, 2.45) is 10.8 Å². The van der Waals surface area contributed by atoms with Crippen LogP contribution in [-0.4, -0.2) is 10.2 Å². The molecule has 1 aromatic carbocycles. The molecule has 1 saturated carbocycles. The second-order valence-corrected chi connectivity index (χ2v) is 9.36. The van der Waals surface area contributed by atoms with Crippen LogP contribution in [0.25, 0.3) is 0 Å². The lowest BCUT2D eigenvalue weighted by Crippen LogP contribution is -2.05. The van der Waals surface area contributed by atoms with Gasteiger partial charge in [0, 0.05) is 5.56 Å². The van der Waals surface area contributed by atoms with Crippen LogP contribution in [0.15, 0.2) is 12.1 Å². The molecule has 0 saturated heterocycles. The van der Waals surface area contributed by atoms with Crippen LogP contribution in [0.2, 0.25) is 0 Å². The van der Waals surface area contributed by atoms with Crippen molar-refractivity contribution in [3.63, 3.8) is 0 Å². The third kappa shape index (κ3) is 6.03. The number of benzene rings is 1. The molecule has 2 N–H and O–H groups in total. The standard InChI is InChI=1S/C22H36O2/c1-21(2,3)13-7-5-9-17-11-12-19(23)20(24)18(17)10-6-8-14-22(4)15-16-22/h11-12,23-24H,5-10,13-16H2,1-4H3. The molecule has 136 valence electrons. The van der Waals surface area contributed by atoms with Gasteiger partial charge in [-0.25, -0.2) is 0 Å². The lowest BCUT2D eigenvalue weighted by molar-refractivity contribution is 0.360. The van der Waals surface area contributed by atoms with Crippen LogP contribution in [0.5, 0.6) is 11.5 Å². The summed E-state index contributed by atoms with van der Waals surface area (Å²) in [5, 5.41) is 20.1. The molecule has 0 radical (unpaired) electrons. The average Bonchev–Trinajstić information content (AvgIpc) is 3.22. The summed E-state index contributed by atoms with van der Waals surface area (Å²) < 4.78 is 0. The van der Waals surface area contributed by atoms with E-state index in [9.17, 15) is 10.2 Å². The third-order valence-corrected chi connectivity index (χ3v) is 5.54. The molecule has 0 atom stereocenters. The molecule has 0 spiro atoms. The smallest absolute Gasteiger partial charge is 0.160 e. The van der Waals surface area contributed by atoms with E-state index < -0.39 is 0 Å². The van der Waals surface area contributed by atoms with Crippen LogP contribution in [-0.2, 0) is 12.8 Å². The van der Waals surface area contributed by atoms with Crippen molar-refractivity contribution in [3.05, 3.63) is 23.3 Å². The number of aromatic hydroxyl groups is 2. The highest BCUT2D eigenvalue weighted by atomic mass is 16.3. The summed E-state index contributed by atoms with van der Waals surface area (Å²) in [5.74, 6) is 0.138. The zero-order valence-corrected chi connectivity index (χ0v) is 16.1. The fourth-order valence-corrected chi connectivity index (χ4v) is 3.47. The Morgan fingerprint density at radius 1 is 0.958 bits per heavy atom. The molecule has 0 amide bonds. The number of hydrogen-bond acceptors (Lipinski definition) is 2. The first-order valence-electron chi connectivity index (χ1n) is 9.73.